The summed E-state index contributed by atoms with van der Waals surface area (Å²) >= 11 is 0. The molecule has 1 amide bonds. The quantitative estimate of drug-likeness (QED) is 0.499. The molecule has 1 aromatic carbocycles. The highest BCUT2D eigenvalue weighted by atomic mass is 16.5. The molecule has 1 rings (SSSR count). The van der Waals surface area contributed by atoms with E-state index in [-0.39, 0.29) is 12.5 Å². The van der Waals surface area contributed by atoms with E-state index in [4.69, 9.17) is 15.6 Å². The van der Waals surface area contributed by atoms with Gasteiger partial charge in [-0.05, 0) is 24.6 Å². The number of hydrogen-bond acceptors (Lipinski definition) is 4. The van der Waals surface area contributed by atoms with E-state index in [0.29, 0.717) is 30.0 Å². The molecule has 0 saturated carbocycles. The SMILES string of the molecule is COc1ccc(N)cc1C(=O)NCCCO. The maximum absolute atomic E-state index is 11.7. The van der Waals surface area contributed by atoms with Crippen LogP contribution in [0.3, 0.4) is 0 Å². The normalized spacial score (nSPS) is 9.88. The number of carbonyl (C=O) groups is 1. The zero-order chi connectivity index (χ0) is 12.0. The zero-order valence-electron chi connectivity index (χ0n) is 9.19. The largest absolute Gasteiger partial charge is 0.496 e. The number of aliphatic hydroxyl groups excluding tert-OH is 1. The number of nitrogen functional groups attached to an aromatic ring is 1. The Morgan fingerprint density at radius 3 is 2.94 bits per heavy atom. The van der Waals surface area contributed by atoms with Gasteiger partial charge in [-0.15, -0.1) is 0 Å². The molecule has 0 spiro atoms. The fourth-order valence-corrected chi connectivity index (χ4v) is 1.28. The molecule has 1 aromatic rings. The number of anilines is 1. The first-order valence-corrected chi connectivity index (χ1v) is 5.01. The molecule has 4 N–H and O–H groups in total. The molecule has 0 saturated heterocycles. The van der Waals surface area contributed by atoms with Crippen LogP contribution in [0, 0.1) is 0 Å². The van der Waals surface area contributed by atoms with Crippen LogP contribution in [0.4, 0.5) is 5.69 Å². The lowest BCUT2D eigenvalue weighted by atomic mass is 10.1. The third kappa shape index (κ3) is 3.13. The second-order valence-electron chi connectivity index (χ2n) is 3.29. The maximum Gasteiger partial charge on any atom is 0.255 e. The minimum absolute atomic E-state index is 0.0499. The Morgan fingerprint density at radius 2 is 2.31 bits per heavy atom. The smallest absolute Gasteiger partial charge is 0.255 e. The van der Waals surface area contributed by atoms with Gasteiger partial charge in [-0.1, -0.05) is 0 Å². The number of benzene rings is 1. The molecule has 0 aliphatic heterocycles. The fraction of sp³-hybridized carbons (Fsp3) is 0.364. The molecule has 0 atom stereocenters. The first-order valence-electron chi connectivity index (χ1n) is 5.01. The molecular weight excluding hydrogens is 208 g/mol. The molecule has 5 nitrogen and oxygen atoms in total. The minimum Gasteiger partial charge on any atom is -0.496 e. The average molecular weight is 224 g/mol. The number of carbonyl (C=O) groups excluding carboxylic acids is 1. The molecule has 0 unspecified atom stereocenters. The van der Waals surface area contributed by atoms with Crippen LogP contribution in [-0.2, 0) is 0 Å². The third-order valence-electron chi connectivity index (χ3n) is 2.09. The topological polar surface area (TPSA) is 84.6 Å². The third-order valence-corrected chi connectivity index (χ3v) is 2.09. The van der Waals surface area contributed by atoms with Crippen molar-refractivity contribution in [3.8, 4) is 5.75 Å². The molecule has 16 heavy (non-hydrogen) atoms. The number of methoxy groups -OCH3 is 1. The second-order valence-corrected chi connectivity index (χ2v) is 3.29. The van der Waals surface area contributed by atoms with Crippen molar-refractivity contribution >= 4 is 11.6 Å². The van der Waals surface area contributed by atoms with Crippen molar-refractivity contribution in [2.45, 2.75) is 6.42 Å². The highest BCUT2D eigenvalue weighted by Gasteiger charge is 2.11. The van der Waals surface area contributed by atoms with Gasteiger partial charge in [0.25, 0.3) is 5.91 Å². The monoisotopic (exact) mass is 224 g/mol. The van der Waals surface area contributed by atoms with E-state index in [0.717, 1.165) is 0 Å². The predicted octanol–water partition coefficient (Wildman–Crippen LogP) is 0.390. The van der Waals surface area contributed by atoms with Gasteiger partial charge in [-0.2, -0.15) is 0 Å². The molecule has 0 heterocycles. The van der Waals surface area contributed by atoms with Crippen LogP contribution in [0.15, 0.2) is 18.2 Å². The van der Waals surface area contributed by atoms with Crippen LogP contribution in [0.5, 0.6) is 5.75 Å². The predicted molar refractivity (Wildman–Crippen MR) is 61.4 cm³/mol. The van der Waals surface area contributed by atoms with Gasteiger partial charge in [0.2, 0.25) is 0 Å². The first kappa shape index (κ1) is 12.3. The summed E-state index contributed by atoms with van der Waals surface area (Å²) in [4.78, 5) is 11.7. The Kier molecular flexibility index (Phi) is 4.60. The van der Waals surface area contributed by atoms with Crippen molar-refractivity contribution in [3.05, 3.63) is 23.8 Å². The molecule has 0 aliphatic carbocycles. The maximum atomic E-state index is 11.7. The number of hydrogen-bond donors (Lipinski definition) is 3. The molecular formula is C11H16N2O3. The highest BCUT2D eigenvalue weighted by molar-refractivity contribution is 5.97. The van der Waals surface area contributed by atoms with E-state index in [1.807, 2.05) is 0 Å². The summed E-state index contributed by atoms with van der Waals surface area (Å²) in [6.45, 7) is 0.474. The summed E-state index contributed by atoms with van der Waals surface area (Å²) in [5, 5.41) is 11.3. The van der Waals surface area contributed by atoms with Crippen molar-refractivity contribution in [2.75, 3.05) is 26.0 Å². The number of amides is 1. The van der Waals surface area contributed by atoms with Crippen molar-refractivity contribution < 1.29 is 14.6 Å². The Hall–Kier alpha value is -1.75. The summed E-state index contributed by atoms with van der Waals surface area (Å²) in [5.74, 6) is 0.230. The summed E-state index contributed by atoms with van der Waals surface area (Å²) in [7, 11) is 1.50. The molecule has 5 heteroatoms. The Morgan fingerprint density at radius 1 is 1.56 bits per heavy atom. The minimum atomic E-state index is -0.252. The van der Waals surface area contributed by atoms with Gasteiger partial charge in [0.05, 0.1) is 12.7 Å². The van der Waals surface area contributed by atoms with Crippen molar-refractivity contribution in [1.82, 2.24) is 5.32 Å². The van der Waals surface area contributed by atoms with Gasteiger partial charge in [0.1, 0.15) is 5.75 Å². The summed E-state index contributed by atoms with van der Waals surface area (Å²) in [5.41, 5.74) is 6.51. The van der Waals surface area contributed by atoms with E-state index >= 15 is 0 Å². The highest BCUT2D eigenvalue weighted by Crippen LogP contribution is 2.20. The lowest BCUT2D eigenvalue weighted by Crippen LogP contribution is -2.25. The van der Waals surface area contributed by atoms with Crippen LogP contribution in [0.2, 0.25) is 0 Å². The van der Waals surface area contributed by atoms with Crippen LogP contribution >= 0.6 is 0 Å². The van der Waals surface area contributed by atoms with Crippen LogP contribution in [-0.4, -0.2) is 31.3 Å². The van der Waals surface area contributed by atoms with Gasteiger partial charge in [-0.25, -0.2) is 0 Å². The van der Waals surface area contributed by atoms with Gasteiger partial charge in [0, 0.05) is 18.8 Å². The van der Waals surface area contributed by atoms with E-state index in [1.165, 1.54) is 7.11 Å². The summed E-state index contributed by atoms with van der Waals surface area (Å²) in [6, 6.07) is 4.88. The van der Waals surface area contributed by atoms with E-state index < -0.39 is 0 Å². The number of rotatable bonds is 5. The molecule has 88 valence electrons. The Bertz CT molecular complexity index is 366. The number of aliphatic hydroxyl groups is 1. The van der Waals surface area contributed by atoms with E-state index in [2.05, 4.69) is 5.32 Å². The standard InChI is InChI=1S/C11H16N2O3/c1-16-10-4-3-8(12)7-9(10)11(15)13-5-2-6-14/h3-4,7,14H,2,5-6,12H2,1H3,(H,13,15). The molecule has 0 aliphatic rings. The molecule has 0 aromatic heterocycles. The molecule has 0 radical (unpaired) electrons. The lowest BCUT2D eigenvalue weighted by Gasteiger charge is -2.09. The fourth-order valence-electron chi connectivity index (χ4n) is 1.28. The van der Waals surface area contributed by atoms with E-state index in [1.54, 1.807) is 18.2 Å². The number of ether oxygens (including phenoxy) is 1. The Balaban J connectivity index is 2.76. The van der Waals surface area contributed by atoms with Gasteiger partial charge >= 0.3 is 0 Å². The second kappa shape index (κ2) is 5.97. The first-order chi connectivity index (χ1) is 7.69. The van der Waals surface area contributed by atoms with Gasteiger partial charge < -0.3 is 20.9 Å². The van der Waals surface area contributed by atoms with Crippen LogP contribution < -0.4 is 15.8 Å². The molecule has 0 bridgehead atoms. The number of nitrogens with two attached hydrogens (primary N) is 1. The van der Waals surface area contributed by atoms with Crippen molar-refractivity contribution in [1.29, 1.82) is 0 Å². The van der Waals surface area contributed by atoms with Crippen molar-refractivity contribution in [3.63, 3.8) is 0 Å². The van der Waals surface area contributed by atoms with Crippen LogP contribution in [0.25, 0.3) is 0 Å². The van der Waals surface area contributed by atoms with Crippen molar-refractivity contribution in [2.24, 2.45) is 0 Å². The average Bonchev–Trinajstić information content (AvgIpc) is 2.29. The zero-order valence-corrected chi connectivity index (χ0v) is 9.19. The number of nitrogens with one attached hydrogen (secondary N) is 1. The Labute approximate surface area is 94.2 Å². The van der Waals surface area contributed by atoms with Gasteiger partial charge in [-0.3, -0.25) is 4.79 Å². The van der Waals surface area contributed by atoms with Gasteiger partial charge in [0.15, 0.2) is 0 Å². The van der Waals surface area contributed by atoms with E-state index in [9.17, 15) is 4.79 Å². The summed E-state index contributed by atoms with van der Waals surface area (Å²) < 4.78 is 5.06. The van der Waals surface area contributed by atoms with Crippen LogP contribution in [0.1, 0.15) is 16.8 Å². The summed E-state index contributed by atoms with van der Waals surface area (Å²) in [6.07, 6.45) is 0.524. The lowest BCUT2D eigenvalue weighted by molar-refractivity contribution is 0.0948. The molecule has 0 fully saturated rings.